The lowest BCUT2D eigenvalue weighted by atomic mass is 9.99. The Morgan fingerprint density at radius 1 is 1.03 bits per heavy atom. The summed E-state index contributed by atoms with van der Waals surface area (Å²) in [5.74, 6) is -2.71. The Labute approximate surface area is 213 Å². The zero-order chi connectivity index (χ0) is 28.9. The van der Waals surface area contributed by atoms with Crippen molar-refractivity contribution in [2.75, 3.05) is 27.4 Å². The van der Waals surface area contributed by atoms with Crippen LogP contribution in [0, 0.1) is 5.92 Å². The lowest BCUT2D eigenvalue weighted by molar-refractivity contribution is -0.155. The summed E-state index contributed by atoms with van der Waals surface area (Å²) < 4.78 is 74.7. The quantitative estimate of drug-likeness (QED) is 0.199. The number of hydrogen-bond donors (Lipinski definition) is 3. The Morgan fingerprint density at radius 3 is 2.18 bits per heavy atom. The van der Waals surface area contributed by atoms with E-state index in [0.29, 0.717) is 14.2 Å². The fraction of sp³-hybridized carbons (Fsp3) is 0.625. The Bertz CT molecular complexity index is 1280. The first-order valence-electron chi connectivity index (χ1n) is 10.2. The van der Waals surface area contributed by atoms with Gasteiger partial charge in [0.25, 0.3) is 5.56 Å². The molecule has 0 spiro atoms. The molecule has 0 aromatic carbocycles. The number of phosphoric acid groups is 3. The average Bonchev–Trinajstić information content (AvgIpc) is 3.11. The number of carbonyl (C=O) groups excluding carboxylic acids is 2. The topological polar surface area (TPSA) is 255 Å². The van der Waals surface area contributed by atoms with E-state index in [4.69, 9.17) is 18.7 Å². The summed E-state index contributed by atoms with van der Waals surface area (Å²) in [5, 5.41) is 0. The van der Waals surface area contributed by atoms with Crippen LogP contribution in [-0.4, -0.2) is 70.9 Å². The molecule has 1 aromatic rings. The van der Waals surface area contributed by atoms with Crippen molar-refractivity contribution in [2.24, 2.45) is 5.92 Å². The van der Waals surface area contributed by atoms with Gasteiger partial charge in [-0.2, -0.15) is 8.62 Å². The van der Waals surface area contributed by atoms with Gasteiger partial charge in [-0.25, -0.2) is 18.5 Å². The minimum absolute atomic E-state index is 0.492. The number of hydrogen-bond acceptors (Lipinski definition) is 15. The van der Waals surface area contributed by atoms with Crippen LogP contribution in [0.2, 0.25) is 0 Å². The van der Waals surface area contributed by atoms with Crippen LogP contribution < -0.4 is 11.2 Å². The SMILES string of the molecule is COP(=O)(O)OP(=O)(OC)OP(=O)(O)OC[C@H]1O[C@@H](n2ccc(=O)[nH]c2=O)[C@H](OC(C)=O)[C@@H]1COC(C)=O. The zero-order valence-corrected chi connectivity index (χ0v) is 22.9. The summed E-state index contributed by atoms with van der Waals surface area (Å²) in [6.07, 6.45) is -3.12. The van der Waals surface area contributed by atoms with E-state index >= 15 is 0 Å². The van der Waals surface area contributed by atoms with Crippen LogP contribution in [0.3, 0.4) is 0 Å². The Hall–Kier alpha value is -2.01. The highest BCUT2D eigenvalue weighted by Gasteiger charge is 2.50. The molecule has 0 amide bonds. The van der Waals surface area contributed by atoms with Crippen LogP contribution >= 0.6 is 23.5 Å². The molecular formula is C16H25N2O17P3. The molecule has 0 radical (unpaired) electrons. The van der Waals surface area contributed by atoms with E-state index in [9.17, 15) is 42.7 Å². The van der Waals surface area contributed by atoms with E-state index in [0.717, 1.165) is 30.7 Å². The van der Waals surface area contributed by atoms with Gasteiger partial charge in [-0.15, -0.1) is 0 Å². The van der Waals surface area contributed by atoms with Crippen LogP contribution in [0.4, 0.5) is 0 Å². The highest BCUT2D eigenvalue weighted by Crippen LogP contribution is 2.69. The van der Waals surface area contributed by atoms with Crippen LogP contribution in [0.15, 0.2) is 21.9 Å². The predicted molar refractivity (Wildman–Crippen MR) is 120 cm³/mol. The van der Waals surface area contributed by atoms with E-state index in [2.05, 4.69) is 17.7 Å². The molecule has 3 N–H and O–H groups in total. The normalized spacial score (nSPS) is 26.1. The highest BCUT2D eigenvalue weighted by molar-refractivity contribution is 7.67. The molecule has 1 aliphatic rings. The molecule has 0 bridgehead atoms. The van der Waals surface area contributed by atoms with Crippen LogP contribution in [0.1, 0.15) is 20.1 Å². The maximum Gasteiger partial charge on any atom is 0.492 e. The van der Waals surface area contributed by atoms with Crippen molar-refractivity contribution in [2.45, 2.75) is 32.3 Å². The number of aromatic amines is 1. The van der Waals surface area contributed by atoms with Crippen LogP contribution in [0.5, 0.6) is 0 Å². The smallest absolute Gasteiger partial charge is 0.465 e. The highest BCUT2D eigenvalue weighted by atomic mass is 31.3. The standard InChI is InChI=1S/C16H25N2O17P3/c1-9(19)30-7-11-12(8-31-37(25,26)35-38(27,29-4)34-36(23,24)28-3)33-15(14(11)32-10(2)20)18-6-5-13(21)17-16(18)22/h5-6,11-12,14-15H,7-8H2,1-4H3,(H,23,24)(H,25,26)(H,17,21,22)/t11-,12-,14-,15-,38?/m1/s1. The number of phosphoric ester groups is 2. The molecule has 0 saturated carbocycles. The summed E-state index contributed by atoms with van der Waals surface area (Å²) in [6.45, 7) is 0.714. The fourth-order valence-corrected chi connectivity index (χ4v) is 6.84. The molecule has 216 valence electrons. The van der Waals surface area contributed by atoms with Crippen molar-refractivity contribution >= 4 is 35.4 Å². The number of H-pyrrole nitrogens is 1. The third-order valence-corrected chi connectivity index (χ3v) is 9.30. The van der Waals surface area contributed by atoms with E-state index in [1.165, 1.54) is 0 Å². The molecule has 38 heavy (non-hydrogen) atoms. The largest absolute Gasteiger partial charge is 0.492 e. The number of nitrogens with zero attached hydrogens (tertiary/aromatic N) is 1. The minimum Gasteiger partial charge on any atom is -0.465 e. The van der Waals surface area contributed by atoms with Crippen molar-refractivity contribution < 1.29 is 69.5 Å². The third-order valence-electron chi connectivity index (χ3n) is 4.66. The predicted octanol–water partition coefficient (Wildman–Crippen LogP) is 0.196. The van der Waals surface area contributed by atoms with E-state index < -0.39 is 84.2 Å². The van der Waals surface area contributed by atoms with Gasteiger partial charge < -0.3 is 24.0 Å². The first-order valence-corrected chi connectivity index (χ1v) is 14.7. The monoisotopic (exact) mass is 610 g/mol. The lowest BCUT2D eigenvalue weighted by Crippen LogP contribution is -2.39. The van der Waals surface area contributed by atoms with Crippen LogP contribution in [0.25, 0.3) is 0 Å². The number of rotatable bonds is 13. The summed E-state index contributed by atoms with van der Waals surface area (Å²) in [5.41, 5.74) is -1.71. The van der Waals surface area contributed by atoms with Gasteiger partial charge in [-0.1, -0.05) is 0 Å². The molecule has 3 unspecified atom stereocenters. The molecule has 2 rings (SSSR count). The van der Waals surface area contributed by atoms with Gasteiger partial charge in [0.05, 0.1) is 18.6 Å². The Morgan fingerprint density at radius 2 is 1.66 bits per heavy atom. The van der Waals surface area contributed by atoms with Crippen LogP contribution in [-0.2, 0) is 59.7 Å². The molecule has 1 saturated heterocycles. The van der Waals surface area contributed by atoms with Crippen molar-refractivity contribution in [3.8, 4) is 0 Å². The number of esters is 2. The first kappa shape index (κ1) is 32.2. The third kappa shape index (κ3) is 9.03. The summed E-state index contributed by atoms with van der Waals surface area (Å²) >= 11 is 0. The molecule has 2 heterocycles. The number of carbonyl (C=O) groups is 2. The van der Waals surface area contributed by atoms with Crippen molar-refractivity contribution in [3.05, 3.63) is 33.1 Å². The molecule has 22 heteroatoms. The van der Waals surface area contributed by atoms with Gasteiger partial charge in [0.1, 0.15) is 6.61 Å². The zero-order valence-electron chi connectivity index (χ0n) is 20.2. The van der Waals surface area contributed by atoms with Gasteiger partial charge in [-0.3, -0.25) is 37.5 Å². The van der Waals surface area contributed by atoms with E-state index in [-0.39, 0.29) is 0 Å². The van der Waals surface area contributed by atoms with Crippen molar-refractivity contribution in [3.63, 3.8) is 0 Å². The maximum absolute atomic E-state index is 12.4. The van der Waals surface area contributed by atoms with E-state index in [1.807, 2.05) is 4.98 Å². The van der Waals surface area contributed by atoms with Gasteiger partial charge >= 0.3 is 41.1 Å². The van der Waals surface area contributed by atoms with Gasteiger partial charge in [-0.05, 0) is 0 Å². The maximum atomic E-state index is 12.4. The average molecular weight is 610 g/mol. The number of aromatic nitrogens is 2. The van der Waals surface area contributed by atoms with Crippen molar-refractivity contribution in [1.82, 2.24) is 9.55 Å². The molecule has 0 aliphatic carbocycles. The summed E-state index contributed by atoms with van der Waals surface area (Å²) in [6, 6.07) is 0.971. The van der Waals surface area contributed by atoms with E-state index in [1.54, 1.807) is 0 Å². The second-order valence-corrected chi connectivity index (χ2v) is 12.4. The molecule has 7 atom stereocenters. The Kier molecular flexibility index (Phi) is 10.9. The van der Waals surface area contributed by atoms with Crippen molar-refractivity contribution in [1.29, 1.82) is 0 Å². The van der Waals surface area contributed by atoms with Gasteiger partial charge in [0.15, 0.2) is 12.3 Å². The lowest BCUT2D eigenvalue weighted by Gasteiger charge is -2.24. The minimum atomic E-state index is -5.41. The van der Waals surface area contributed by atoms with Gasteiger partial charge in [0, 0.05) is 40.3 Å². The van der Waals surface area contributed by atoms with Gasteiger partial charge in [0.2, 0.25) is 0 Å². The molecule has 19 nitrogen and oxygen atoms in total. The summed E-state index contributed by atoms with van der Waals surface area (Å²) in [7, 11) is -14.3. The Balaban J connectivity index is 2.34. The molecule has 1 aromatic heterocycles. The summed E-state index contributed by atoms with van der Waals surface area (Å²) in [4.78, 5) is 68.3. The second-order valence-electron chi connectivity index (χ2n) is 7.33. The fourth-order valence-electron chi connectivity index (χ4n) is 3.11. The molecular weight excluding hydrogens is 585 g/mol. The number of ether oxygens (including phenoxy) is 3. The number of nitrogens with one attached hydrogen (secondary N) is 1. The second kappa shape index (κ2) is 12.9. The molecule has 1 aliphatic heterocycles. The first-order chi connectivity index (χ1) is 17.5. The molecule has 1 fully saturated rings.